The molecule has 7 nitrogen and oxygen atoms in total. The van der Waals surface area contributed by atoms with Crippen LogP contribution in [0.1, 0.15) is 30.1 Å². The minimum absolute atomic E-state index is 0.0158. The highest BCUT2D eigenvalue weighted by Gasteiger charge is 2.35. The predicted molar refractivity (Wildman–Crippen MR) is 104 cm³/mol. The van der Waals surface area contributed by atoms with Crippen molar-refractivity contribution in [1.82, 2.24) is 14.7 Å². The molecule has 0 atom stereocenters. The molecule has 1 aromatic carbocycles. The molecule has 7 heteroatoms. The van der Waals surface area contributed by atoms with Crippen LogP contribution in [0.4, 0.5) is 10.5 Å². The number of nitrogens with one attached hydrogen (secondary N) is 1. The topological polar surface area (TPSA) is 73.0 Å². The third-order valence-corrected chi connectivity index (χ3v) is 5.29. The van der Waals surface area contributed by atoms with Crippen molar-refractivity contribution in [1.29, 1.82) is 0 Å². The Balaban J connectivity index is 1.55. The molecule has 27 heavy (non-hydrogen) atoms. The molecule has 3 rings (SSSR count). The number of rotatable bonds is 5. The first-order chi connectivity index (χ1) is 13.0. The van der Waals surface area contributed by atoms with Crippen LogP contribution in [0, 0.1) is 0 Å². The molecule has 0 unspecified atom stereocenters. The smallest absolute Gasteiger partial charge is 0.320 e. The van der Waals surface area contributed by atoms with E-state index in [2.05, 4.69) is 11.9 Å². The summed E-state index contributed by atoms with van der Waals surface area (Å²) in [4.78, 5) is 42.0. The summed E-state index contributed by atoms with van der Waals surface area (Å²) < 4.78 is 0. The minimum Gasteiger partial charge on any atom is -0.338 e. The number of likely N-dealkylation sites (tertiary alicyclic amines) is 1. The Hall–Kier alpha value is -2.83. The summed E-state index contributed by atoms with van der Waals surface area (Å²) in [6.45, 7) is 9.02. The van der Waals surface area contributed by atoms with E-state index in [1.807, 2.05) is 21.6 Å². The van der Waals surface area contributed by atoms with E-state index in [-0.39, 0.29) is 23.9 Å². The molecule has 0 spiro atoms. The highest BCUT2D eigenvalue weighted by Crippen LogP contribution is 2.22. The molecule has 0 saturated carbocycles. The van der Waals surface area contributed by atoms with Gasteiger partial charge in [0.1, 0.15) is 0 Å². The van der Waals surface area contributed by atoms with Gasteiger partial charge in [-0.15, -0.1) is 0 Å². The average Bonchev–Trinajstić information content (AvgIpc) is 3.08. The fraction of sp³-hybridized carbons (Fsp3) is 0.450. The van der Waals surface area contributed by atoms with Gasteiger partial charge in [0.2, 0.25) is 5.91 Å². The zero-order valence-electron chi connectivity index (χ0n) is 15.7. The Morgan fingerprint density at radius 1 is 1.15 bits per heavy atom. The van der Waals surface area contributed by atoms with Crippen LogP contribution in [-0.4, -0.2) is 71.3 Å². The van der Waals surface area contributed by atoms with Crippen LogP contribution in [0.2, 0.25) is 0 Å². The fourth-order valence-corrected chi connectivity index (χ4v) is 3.69. The predicted octanol–water partition coefficient (Wildman–Crippen LogP) is 2.17. The van der Waals surface area contributed by atoms with Crippen LogP contribution < -0.4 is 5.32 Å². The lowest BCUT2D eigenvalue weighted by atomic mass is 10.0. The van der Waals surface area contributed by atoms with Gasteiger partial charge in [0.25, 0.3) is 5.91 Å². The van der Waals surface area contributed by atoms with E-state index in [1.54, 1.807) is 24.3 Å². The summed E-state index contributed by atoms with van der Waals surface area (Å²) in [7, 11) is 0. The van der Waals surface area contributed by atoms with Crippen molar-refractivity contribution >= 4 is 23.5 Å². The first kappa shape index (κ1) is 18.9. The van der Waals surface area contributed by atoms with Crippen molar-refractivity contribution in [3.63, 3.8) is 0 Å². The summed E-state index contributed by atoms with van der Waals surface area (Å²) in [5.74, 6) is -0.299. The number of urea groups is 1. The first-order valence-corrected chi connectivity index (χ1v) is 9.41. The van der Waals surface area contributed by atoms with Crippen LogP contribution in [0.3, 0.4) is 0 Å². The van der Waals surface area contributed by atoms with E-state index >= 15 is 0 Å². The summed E-state index contributed by atoms with van der Waals surface area (Å²) in [6.07, 6.45) is 2.82. The number of likely N-dealkylation sites (N-methyl/N-ethyl adjacent to an activating group) is 1. The Bertz CT molecular complexity index is 723. The second-order valence-corrected chi connectivity index (χ2v) is 6.85. The maximum Gasteiger partial charge on any atom is 0.320 e. The van der Waals surface area contributed by atoms with E-state index in [9.17, 15) is 14.4 Å². The Labute approximate surface area is 159 Å². The molecule has 2 aliphatic heterocycles. The lowest BCUT2D eigenvalue weighted by Gasteiger charge is -2.36. The van der Waals surface area contributed by atoms with Crippen molar-refractivity contribution in [2.45, 2.75) is 25.8 Å². The summed E-state index contributed by atoms with van der Waals surface area (Å²) in [6, 6.07) is 7.20. The molecule has 2 heterocycles. The second kappa shape index (κ2) is 8.24. The lowest BCUT2D eigenvalue weighted by molar-refractivity contribution is -0.111. The van der Waals surface area contributed by atoms with Gasteiger partial charge in [-0.1, -0.05) is 6.58 Å². The first-order valence-electron chi connectivity index (χ1n) is 9.41. The number of amides is 4. The van der Waals surface area contributed by atoms with E-state index in [1.165, 1.54) is 6.08 Å². The van der Waals surface area contributed by atoms with Gasteiger partial charge in [-0.25, -0.2) is 4.79 Å². The highest BCUT2D eigenvalue weighted by molar-refractivity contribution is 5.99. The SMILES string of the molecule is C=CC(=O)Nc1ccc(C(=O)N2CCC(N3CCN(CC)C3=O)CC2)cc1. The zero-order chi connectivity index (χ0) is 19.4. The quantitative estimate of drug-likeness (QED) is 0.808. The molecule has 2 saturated heterocycles. The lowest BCUT2D eigenvalue weighted by Crippen LogP contribution is -2.48. The van der Waals surface area contributed by atoms with Gasteiger partial charge >= 0.3 is 6.03 Å². The van der Waals surface area contributed by atoms with Gasteiger partial charge in [-0.05, 0) is 50.1 Å². The number of anilines is 1. The normalized spacial score (nSPS) is 18.0. The number of benzene rings is 1. The van der Waals surface area contributed by atoms with Crippen molar-refractivity contribution < 1.29 is 14.4 Å². The molecule has 0 aromatic heterocycles. The standard InChI is InChI=1S/C20H26N4O3/c1-3-18(25)21-16-7-5-15(6-8-16)19(26)23-11-9-17(10-12-23)24-14-13-22(4-2)20(24)27/h3,5-8,17H,1,4,9-14H2,2H3,(H,21,25). The van der Waals surface area contributed by atoms with Crippen molar-refractivity contribution in [3.8, 4) is 0 Å². The monoisotopic (exact) mass is 370 g/mol. The van der Waals surface area contributed by atoms with Gasteiger partial charge in [0.05, 0.1) is 0 Å². The minimum atomic E-state index is -0.283. The maximum atomic E-state index is 12.7. The van der Waals surface area contributed by atoms with E-state index < -0.39 is 0 Å². The Kier molecular flexibility index (Phi) is 5.78. The fourth-order valence-electron chi connectivity index (χ4n) is 3.69. The largest absolute Gasteiger partial charge is 0.338 e. The highest BCUT2D eigenvalue weighted by atomic mass is 16.2. The molecule has 1 aromatic rings. The molecular formula is C20H26N4O3. The summed E-state index contributed by atoms with van der Waals surface area (Å²) in [5, 5.41) is 2.66. The number of hydrogen-bond donors (Lipinski definition) is 1. The molecule has 0 aliphatic carbocycles. The Morgan fingerprint density at radius 3 is 2.37 bits per heavy atom. The molecule has 0 radical (unpaired) electrons. The van der Waals surface area contributed by atoms with Crippen LogP contribution >= 0.6 is 0 Å². The Morgan fingerprint density at radius 2 is 1.81 bits per heavy atom. The van der Waals surface area contributed by atoms with E-state index in [4.69, 9.17) is 0 Å². The third kappa shape index (κ3) is 4.13. The molecule has 0 bridgehead atoms. The zero-order valence-corrected chi connectivity index (χ0v) is 15.7. The van der Waals surface area contributed by atoms with Gasteiger partial charge in [0, 0.05) is 50.0 Å². The number of carbonyl (C=O) groups is 3. The second-order valence-electron chi connectivity index (χ2n) is 6.85. The van der Waals surface area contributed by atoms with Gasteiger partial charge in [-0.3, -0.25) is 9.59 Å². The number of hydrogen-bond acceptors (Lipinski definition) is 3. The molecule has 1 N–H and O–H groups in total. The summed E-state index contributed by atoms with van der Waals surface area (Å²) in [5.41, 5.74) is 1.22. The van der Waals surface area contributed by atoms with Crippen LogP contribution in [0.25, 0.3) is 0 Å². The molecule has 2 aliphatic rings. The number of carbonyl (C=O) groups excluding carboxylic acids is 3. The average molecular weight is 370 g/mol. The molecule has 144 valence electrons. The van der Waals surface area contributed by atoms with Crippen molar-refractivity contribution in [3.05, 3.63) is 42.5 Å². The number of nitrogens with zero attached hydrogens (tertiary/aromatic N) is 3. The van der Waals surface area contributed by atoms with Crippen molar-refractivity contribution in [2.24, 2.45) is 0 Å². The van der Waals surface area contributed by atoms with Crippen molar-refractivity contribution in [2.75, 3.05) is 38.0 Å². The van der Waals surface area contributed by atoms with E-state index in [0.717, 1.165) is 32.5 Å². The number of piperidine rings is 1. The van der Waals surface area contributed by atoms with Gasteiger partial charge in [0.15, 0.2) is 0 Å². The maximum absolute atomic E-state index is 12.7. The molecule has 4 amide bonds. The van der Waals surface area contributed by atoms with E-state index in [0.29, 0.717) is 24.3 Å². The van der Waals surface area contributed by atoms with Gasteiger partial charge < -0.3 is 20.0 Å². The third-order valence-electron chi connectivity index (χ3n) is 5.29. The van der Waals surface area contributed by atoms with Crippen LogP contribution in [0.5, 0.6) is 0 Å². The van der Waals surface area contributed by atoms with Gasteiger partial charge in [-0.2, -0.15) is 0 Å². The van der Waals surface area contributed by atoms with Crippen LogP contribution in [-0.2, 0) is 4.79 Å². The molecular weight excluding hydrogens is 344 g/mol. The van der Waals surface area contributed by atoms with Crippen LogP contribution in [0.15, 0.2) is 36.9 Å². The summed E-state index contributed by atoms with van der Waals surface area (Å²) >= 11 is 0. The molecule has 2 fully saturated rings.